The Balaban J connectivity index is 1.45. The van der Waals surface area contributed by atoms with Gasteiger partial charge in [0.05, 0.1) is 6.42 Å². The first-order valence-corrected chi connectivity index (χ1v) is 13.0. The number of Topliss-reactive ketones (excluding diaryl/α,β-unsaturated/α-hetero) is 1. The van der Waals surface area contributed by atoms with Gasteiger partial charge < -0.3 is 9.30 Å². The minimum absolute atomic E-state index is 0.146. The van der Waals surface area contributed by atoms with Crippen molar-refractivity contribution < 1.29 is 27.1 Å². The van der Waals surface area contributed by atoms with Gasteiger partial charge in [0, 0.05) is 35.4 Å². The number of ether oxygens (including phenoxy) is 1. The molecule has 0 fully saturated rings. The minimum Gasteiger partial charge on any atom is -0.457 e. The number of sulfonamides is 1. The van der Waals surface area contributed by atoms with Gasteiger partial charge in [-0.05, 0) is 55.7 Å². The van der Waals surface area contributed by atoms with E-state index < -0.39 is 22.6 Å². The summed E-state index contributed by atoms with van der Waals surface area (Å²) in [6.45, 7) is 3.76. The van der Waals surface area contributed by atoms with Crippen LogP contribution in [0, 0.1) is 19.7 Å². The molecule has 1 aromatic heterocycles. The molecule has 0 aliphatic carbocycles. The first-order chi connectivity index (χ1) is 17.1. The summed E-state index contributed by atoms with van der Waals surface area (Å²) in [5.41, 5.74) is 3.83. The Hall–Kier alpha value is -3.56. The fourth-order valence-electron chi connectivity index (χ4n) is 3.69. The number of nitrogens with one attached hydrogen (secondary N) is 1. The van der Waals surface area contributed by atoms with Gasteiger partial charge in [0.25, 0.3) is 0 Å². The lowest BCUT2D eigenvalue weighted by atomic mass is 10.1. The lowest BCUT2D eigenvalue weighted by Gasteiger charge is -2.10. The molecule has 0 amide bonds. The summed E-state index contributed by atoms with van der Waals surface area (Å²) in [5.74, 6) is -1.30. The number of hydrogen-bond donors (Lipinski definition) is 1. The number of benzene rings is 2. The van der Waals surface area contributed by atoms with Crippen molar-refractivity contribution >= 4 is 27.9 Å². The maximum absolute atomic E-state index is 13.1. The molecule has 0 spiro atoms. The van der Waals surface area contributed by atoms with Gasteiger partial charge in [-0.2, -0.15) is 0 Å². The number of ketones is 1. The first-order valence-electron chi connectivity index (χ1n) is 11.5. The highest BCUT2D eigenvalue weighted by molar-refractivity contribution is 7.92. The standard InChI is InChI=1S/C27H29FN2O5S/c1-20-18-25(21(2)30(20)16-13-23-8-10-24(28)11-9-23)26(31)19-35-27(32)12-15-29-36(33,34)17-14-22-6-4-3-5-7-22/h3-11,14,17-18,29H,12-13,15-16,19H2,1-2H3/b17-14+. The van der Waals surface area contributed by atoms with Crippen molar-refractivity contribution in [1.29, 1.82) is 0 Å². The highest BCUT2D eigenvalue weighted by atomic mass is 32.2. The predicted octanol–water partition coefficient (Wildman–Crippen LogP) is 4.19. The first kappa shape index (κ1) is 27.0. The number of carbonyl (C=O) groups is 2. The Morgan fingerprint density at radius 3 is 2.44 bits per heavy atom. The van der Waals surface area contributed by atoms with Gasteiger partial charge in [-0.3, -0.25) is 9.59 Å². The van der Waals surface area contributed by atoms with Gasteiger partial charge in [-0.15, -0.1) is 0 Å². The second-order valence-electron chi connectivity index (χ2n) is 8.30. The number of nitrogens with zero attached hydrogens (tertiary/aromatic N) is 1. The third-order valence-electron chi connectivity index (χ3n) is 5.65. The molecule has 0 aliphatic rings. The van der Waals surface area contributed by atoms with Crippen LogP contribution in [0.1, 0.15) is 39.3 Å². The van der Waals surface area contributed by atoms with Gasteiger partial charge in [0.2, 0.25) is 15.8 Å². The number of aryl methyl sites for hydroxylation is 2. The number of halogens is 1. The summed E-state index contributed by atoms with van der Waals surface area (Å²) in [6, 6.07) is 17.0. The van der Waals surface area contributed by atoms with Crippen molar-refractivity contribution in [3.63, 3.8) is 0 Å². The van der Waals surface area contributed by atoms with Gasteiger partial charge in [0.15, 0.2) is 6.61 Å². The van der Waals surface area contributed by atoms with E-state index >= 15 is 0 Å². The van der Waals surface area contributed by atoms with Crippen LogP contribution in [0.3, 0.4) is 0 Å². The van der Waals surface area contributed by atoms with Crippen molar-refractivity contribution in [2.45, 2.75) is 33.2 Å². The van der Waals surface area contributed by atoms with Gasteiger partial charge in [-0.1, -0.05) is 42.5 Å². The molecule has 3 aromatic rings. The SMILES string of the molecule is Cc1cc(C(=O)COC(=O)CCNS(=O)(=O)/C=C/c2ccccc2)c(C)n1CCc1ccc(F)cc1. The van der Waals surface area contributed by atoms with Crippen molar-refractivity contribution in [1.82, 2.24) is 9.29 Å². The third-order valence-corrected chi connectivity index (χ3v) is 6.75. The van der Waals surface area contributed by atoms with Crippen LogP contribution in [-0.4, -0.2) is 37.9 Å². The molecule has 2 aromatic carbocycles. The predicted molar refractivity (Wildman–Crippen MR) is 136 cm³/mol. The molecule has 0 unspecified atom stereocenters. The Kier molecular flexibility index (Phi) is 9.32. The van der Waals surface area contributed by atoms with E-state index in [0.717, 1.165) is 27.9 Å². The van der Waals surface area contributed by atoms with Crippen LogP contribution in [0.2, 0.25) is 0 Å². The molecule has 36 heavy (non-hydrogen) atoms. The zero-order valence-corrected chi connectivity index (χ0v) is 21.1. The zero-order chi connectivity index (χ0) is 26.1. The van der Waals surface area contributed by atoms with Crippen LogP contribution < -0.4 is 4.72 Å². The molecule has 0 radical (unpaired) electrons. The normalized spacial score (nSPS) is 11.6. The van der Waals surface area contributed by atoms with E-state index in [-0.39, 0.29) is 24.6 Å². The number of aromatic nitrogens is 1. The molecule has 0 saturated carbocycles. The monoisotopic (exact) mass is 512 g/mol. The molecule has 3 rings (SSSR count). The summed E-state index contributed by atoms with van der Waals surface area (Å²) in [7, 11) is -3.71. The van der Waals surface area contributed by atoms with Gasteiger partial charge in [0.1, 0.15) is 5.82 Å². The molecule has 7 nitrogen and oxygen atoms in total. The highest BCUT2D eigenvalue weighted by Gasteiger charge is 2.17. The molecule has 9 heteroatoms. The van der Waals surface area contributed by atoms with Crippen molar-refractivity contribution in [3.8, 4) is 0 Å². The molecule has 190 valence electrons. The quantitative estimate of drug-likeness (QED) is 0.290. The van der Waals surface area contributed by atoms with Crippen LogP contribution in [-0.2, 0) is 32.5 Å². The zero-order valence-electron chi connectivity index (χ0n) is 20.2. The van der Waals surface area contributed by atoms with Gasteiger partial charge in [-0.25, -0.2) is 17.5 Å². The van der Waals surface area contributed by atoms with E-state index in [9.17, 15) is 22.4 Å². The lowest BCUT2D eigenvalue weighted by Crippen LogP contribution is -2.25. The Morgan fingerprint density at radius 1 is 1.06 bits per heavy atom. The summed E-state index contributed by atoms with van der Waals surface area (Å²) in [5, 5.41) is 1.03. The summed E-state index contributed by atoms with van der Waals surface area (Å²) >= 11 is 0. The Morgan fingerprint density at radius 2 is 1.75 bits per heavy atom. The average molecular weight is 513 g/mol. The molecule has 0 atom stereocenters. The van der Waals surface area contributed by atoms with E-state index in [1.807, 2.05) is 24.5 Å². The van der Waals surface area contributed by atoms with Crippen LogP contribution in [0.5, 0.6) is 0 Å². The number of hydrogen-bond acceptors (Lipinski definition) is 5. The van der Waals surface area contributed by atoms with Crippen LogP contribution in [0.15, 0.2) is 66.1 Å². The van der Waals surface area contributed by atoms with E-state index in [4.69, 9.17) is 4.74 Å². The molecule has 0 bridgehead atoms. The van der Waals surface area contributed by atoms with E-state index in [2.05, 4.69) is 4.72 Å². The molecular formula is C27H29FN2O5S. The average Bonchev–Trinajstić information content (AvgIpc) is 3.14. The number of rotatable bonds is 12. The fourth-order valence-corrected chi connectivity index (χ4v) is 4.51. The fraction of sp³-hybridized carbons (Fsp3) is 0.259. The van der Waals surface area contributed by atoms with Gasteiger partial charge >= 0.3 is 5.97 Å². The second-order valence-corrected chi connectivity index (χ2v) is 9.95. The smallest absolute Gasteiger partial charge is 0.307 e. The summed E-state index contributed by atoms with van der Waals surface area (Å²) in [4.78, 5) is 24.7. The van der Waals surface area contributed by atoms with Crippen LogP contribution in [0.25, 0.3) is 6.08 Å². The largest absolute Gasteiger partial charge is 0.457 e. The van der Waals surface area contributed by atoms with Crippen molar-refractivity contribution in [2.24, 2.45) is 0 Å². The highest BCUT2D eigenvalue weighted by Crippen LogP contribution is 2.17. The minimum atomic E-state index is -3.71. The lowest BCUT2D eigenvalue weighted by molar-refractivity contribution is -0.142. The van der Waals surface area contributed by atoms with Crippen LogP contribution in [0.4, 0.5) is 4.39 Å². The third kappa shape index (κ3) is 8.00. The molecule has 1 heterocycles. The maximum Gasteiger partial charge on any atom is 0.307 e. The maximum atomic E-state index is 13.1. The number of carbonyl (C=O) groups excluding carboxylic acids is 2. The topological polar surface area (TPSA) is 94.5 Å². The number of esters is 1. The van der Waals surface area contributed by atoms with E-state index in [0.29, 0.717) is 18.5 Å². The van der Waals surface area contributed by atoms with Crippen molar-refractivity contribution in [3.05, 3.63) is 100.0 Å². The summed E-state index contributed by atoms with van der Waals surface area (Å²) < 4.78 is 46.5. The Bertz CT molecular complexity index is 1330. The molecule has 0 aliphatic heterocycles. The van der Waals surface area contributed by atoms with E-state index in [1.54, 1.807) is 42.5 Å². The van der Waals surface area contributed by atoms with E-state index in [1.165, 1.54) is 18.2 Å². The molecule has 1 N–H and O–H groups in total. The van der Waals surface area contributed by atoms with Crippen LogP contribution >= 0.6 is 0 Å². The van der Waals surface area contributed by atoms with Crippen molar-refractivity contribution in [2.75, 3.05) is 13.2 Å². The Labute approximate surface area is 210 Å². The second kappa shape index (κ2) is 12.4. The molecule has 0 saturated heterocycles. The molecular weight excluding hydrogens is 483 g/mol. The summed E-state index contributed by atoms with van der Waals surface area (Å²) in [6.07, 6.45) is 1.92.